The molecule has 1 amide bonds. The van der Waals surface area contributed by atoms with E-state index < -0.39 is 0 Å². The van der Waals surface area contributed by atoms with Gasteiger partial charge in [-0.25, -0.2) is 0 Å². The van der Waals surface area contributed by atoms with E-state index in [1.54, 1.807) is 7.11 Å². The zero-order chi connectivity index (χ0) is 19.5. The fraction of sp³-hybridized carbons (Fsp3) is 0.708. The van der Waals surface area contributed by atoms with Crippen molar-refractivity contribution in [2.75, 3.05) is 39.8 Å². The van der Waals surface area contributed by atoms with Crippen molar-refractivity contribution >= 4 is 5.91 Å². The average Bonchev–Trinajstić information content (AvgIpc) is 3.40. The molecule has 3 fully saturated rings. The van der Waals surface area contributed by atoms with E-state index >= 15 is 0 Å². The highest BCUT2D eigenvalue weighted by atomic mass is 16.5. The molecule has 2 aliphatic heterocycles. The van der Waals surface area contributed by atoms with Gasteiger partial charge in [-0.2, -0.15) is 0 Å². The number of carbonyl (C=O) groups excluding carboxylic acids is 1. The second kappa shape index (κ2) is 8.86. The Kier molecular flexibility index (Phi) is 6.25. The van der Waals surface area contributed by atoms with Crippen LogP contribution in [-0.4, -0.2) is 55.5 Å². The van der Waals surface area contributed by atoms with E-state index in [2.05, 4.69) is 41.0 Å². The molecule has 4 rings (SSSR count). The van der Waals surface area contributed by atoms with Crippen molar-refractivity contribution in [1.29, 1.82) is 0 Å². The van der Waals surface area contributed by atoms with E-state index in [0.29, 0.717) is 17.7 Å². The molecule has 154 valence electrons. The molecular formula is C24H36N2O2. The first-order chi connectivity index (χ1) is 13.6. The van der Waals surface area contributed by atoms with Crippen molar-refractivity contribution in [1.82, 2.24) is 9.80 Å². The summed E-state index contributed by atoms with van der Waals surface area (Å²) in [5.74, 6) is 3.44. The lowest BCUT2D eigenvalue weighted by Gasteiger charge is -2.33. The second-order valence-electron chi connectivity index (χ2n) is 9.35. The fourth-order valence-electron chi connectivity index (χ4n) is 5.47. The van der Waals surface area contributed by atoms with Crippen LogP contribution in [-0.2, 0) is 4.79 Å². The van der Waals surface area contributed by atoms with Gasteiger partial charge in [-0.1, -0.05) is 31.9 Å². The minimum atomic E-state index is 0.283. The van der Waals surface area contributed by atoms with Gasteiger partial charge in [0.15, 0.2) is 0 Å². The number of nitrogens with zero attached hydrogens (tertiary/aromatic N) is 2. The third-order valence-electron chi connectivity index (χ3n) is 7.37. The molecule has 4 nitrogen and oxygen atoms in total. The van der Waals surface area contributed by atoms with Crippen LogP contribution in [0.15, 0.2) is 24.3 Å². The summed E-state index contributed by atoms with van der Waals surface area (Å²) < 4.78 is 5.34. The molecule has 2 atom stereocenters. The van der Waals surface area contributed by atoms with Crippen LogP contribution in [0.3, 0.4) is 0 Å². The number of amides is 1. The number of rotatable bonds is 5. The van der Waals surface area contributed by atoms with Gasteiger partial charge in [-0.05, 0) is 68.3 Å². The lowest BCUT2D eigenvalue weighted by molar-refractivity contribution is -0.134. The first kappa shape index (κ1) is 19.8. The topological polar surface area (TPSA) is 32.8 Å². The van der Waals surface area contributed by atoms with Gasteiger partial charge >= 0.3 is 0 Å². The number of benzene rings is 1. The van der Waals surface area contributed by atoms with Gasteiger partial charge in [0.1, 0.15) is 5.75 Å². The molecule has 0 radical (unpaired) electrons. The molecule has 1 aromatic rings. The largest absolute Gasteiger partial charge is 0.497 e. The first-order valence-corrected chi connectivity index (χ1v) is 11.3. The number of methoxy groups -OCH3 is 1. The second-order valence-corrected chi connectivity index (χ2v) is 9.35. The molecule has 0 spiro atoms. The SMILES string of the molecule is COc1ccc(C2CN(C(=O)C3CCCC3)CC2CN2CCC(C)CC2)cc1. The summed E-state index contributed by atoms with van der Waals surface area (Å²) in [5.41, 5.74) is 1.36. The van der Waals surface area contributed by atoms with Crippen LogP contribution >= 0.6 is 0 Å². The molecule has 2 saturated heterocycles. The van der Waals surface area contributed by atoms with Crippen LogP contribution in [0.4, 0.5) is 0 Å². The summed E-state index contributed by atoms with van der Waals surface area (Å²) in [6.07, 6.45) is 7.26. The molecule has 28 heavy (non-hydrogen) atoms. The number of likely N-dealkylation sites (tertiary alicyclic amines) is 2. The van der Waals surface area contributed by atoms with Crippen LogP contribution in [0, 0.1) is 17.8 Å². The Hall–Kier alpha value is -1.55. The highest BCUT2D eigenvalue weighted by Crippen LogP contribution is 2.37. The van der Waals surface area contributed by atoms with Crippen molar-refractivity contribution in [3.8, 4) is 5.75 Å². The molecule has 4 heteroatoms. The Morgan fingerprint density at radius 2 is 1.71 bits per heavy atom. The number of piperidine rings is 1. The Balaban J connectivity index is 1.48. The van der Waals surface area contributed by atoms with Crippen molar-refractivity contribution in [2.24, 2.45) is 17.8 Å². The highest BCUT2D eigenvalue weighted by molar-refractivity contribution is 5.79. The lowest BCUT2D eigenvalue weighted by atomic mass is 9.87. The number of carbonyl (C=O) groups is 1. The molecular weight excluding hydrogens is 348 g/mol. The van der Waals surface area contributed by atoms with Crippen LogP contribution in [0.5, 0.6) is 5.75 Å². The van der Waals surface area contributed by atoms with Gasteiger partial charge in [0, 0.05) is 31.5 Å². The Labute approximate surface area is 170 Å². The third-order valence-corrected chi connectivity index (χ3v) is 7.37. The van der Waals surface area contributed by atoms with E-state index in [9.17, 15) is 4.79 Å². The monoisotopic (exact) mass is 384 g/mol. The third kappa shape index (κ3) is 4.37. The number of ether oxygens (including phenoxy) is 1. The zero-order valence-corrected chi connectivity index (χ0v) is 17.6. The van der Waals surface area contributed by atoms with Crippen molar-refractivity contribution in [2.45, 2.75) is 51.4 Å². The summed E-state index contributed by atoms with van der Waals surface area (Å²) in [6, 6.07) is 8.55. The molecule has 0 aromatic heterocycles. The van der Waals surface area contributed by atoms with Gasteiger partial charge in [0.25, 0.3) is 0 Å². The van der Waals surface area contributed by atoms with E-state index in [-0.39, 0.29) is 5.92 Å². The maximum Gasteiger partial charge on any atom is 0.225 e. The van der Waals surface area contributed by atoms with E-state index in [1.165, 1.54) is 44.3 Å². The Bertz CT molecular complexity index is 645. The Morgan fingerprint density at radius 1 is 1.04 bits per heavy atom. The van der Waals surface area contributed by atoms with Crippen LogP contribution in [0.1, 0.15) is 56.9 Å². The van der Waals surface area contributed by atoms with Crippen molar-refractivity contribution in [3.63, 3.8) is 0 Å². The summed E-state index contributed by atoms with van der Waals surface area (Å²) in [5, 5.41) is 0. The van der Waals surface area contributed by atoms with Crippen LogP contribution < -0.4 is 4.74 Å². The molecule has 2 heterocycles. The summed E-state index contributed by atoms with van der Waals surface area (Å²) in [4.78, 5) is 17.9. The maximum absolute atomic E-state index is 13.1. The number of hydrogen-bond acceptors (Lipinski definition) is 3. The summed E-state index contributed by atoms with van der Waals surface area (Å²) >= 11 is 0. The Morgan fingerprint density at radius 3 is 2.36 bits per heavy atom. The van der Waals surface area contributed by atoms with Gasteiger partial charge in [0.2, 0.25) is 5.91 Å². The molecule has 3 aliphatic rings. The van der Waals surface area contributed by atoms with E-state index in [0.717, 1.165) is 44.1 Å². The zero-order valence-electron chi connectivity index (χ0n) is 17.6. The number of hydrogen-bond donors (Lipinski definition) is 0. The first-order valence-electron chi connectivity index (χ1n) is 11.3. The molecule has 0 bridgehead atoms. The van der Waals surface area contributed by atoms with Crippen LogP contribution in [0.25, 0.3) is 0 Å². The van der Waals surface area contributed by atoms with E-state index in [4.69, 9.17) is 4.74 Å². The smallest absolute Gasteiger partial charge is 0.225 e. The van der Waals surface area contributed by atoms with Crippen molar-refractivity contribution in [3.05, 3.63) is 29.8 Å². The fourth-order valence-corrected chi connectivity index (χ4v) is 5.47. The normalized spacial score (nSPS) is 27.4. The quantitative estimate of drug-likeness (QED) is 0.764. The van der Waals surface area contributed by atoms with Crippen LogP contribution in [0.2, 0.25) is 0 Å². The van der Waals surface area contributed by atoms with Gasteiger partial charge in [-0.15, -0.1) is 0 Å². The molecule has 1 aliphatic carbocycles. The summed E-state index contributed by atoms with van der Waals surface area (Å²) in [7, 11) is 1.72. The predicted octanol–water partition coefficient (Wildman–Crippen LogP) is 4.16. The molecule has 0 N–H and O–H groups in total. The molecule has 1 aromatic carbocycles. The van der Waals surface area contributed by atoms with Crippen molar-refractivity contribution < 1.29 is 9.53 Å². The van der Waals surface area contributed by atoms with E-state index in [1.807, 2.05) is 0 Å². The van der Waals surface area contributed by atoms with Gasteiger partial charge in [-0.3, -0.25) is 4.79 Å². The minimum absolute atomic E-state index is 0.283. The lowest BCUT2D eigenvalue weighted by Crippen LogP contribution is -2.39. The minimum Gasteiger partial charge on any atom is -0.497 e. The molecule has 1 saturated carbocycles. The maximum atomic E-state index is 13.1. The standard InChI is InChI=1S/C24H36N2O2/c1-18-11-13-25(14-12-18)15-21-16-26(24(27)20-5-3-4-6-20)17-23(21)19-7-9-22(28-2)10-8-19/h7-10,18,20-21,23H,3-6,11-17H2,1-2H3. The van der Waals surface area contributed by atoms with Gasteiger partial charge < -0.3 is 14.5 Å². The van der Waals surface area contributed by atoms with Gasteiger partial charge in [0.05, 0.1) is 7.11 Å². The average molecular weight is 385 g/mol. The highest BCUT2D eigenvalue weighted by Gasteiger charge is 2.39. The molecule has 2 unspecified atom stereocenters. The summed E-state index contributed by atoms with van der Waals surface area (Å²) in [6.45, 7) is 7.73. The predicted molar refractivity (Wildman–Crippen MR) is 113 cm³/mol.